The van der Waals surface area contributed by atoms with Gasteiger partial charge in [-0.1, -0.05) is 54.6 Å². The van der Waals surface area contributed by atoms with E-state index in [9.17, 15) is 14.7 Å². The van der Waals surface area contributed by atoms with E-state index in [0.717, 1.165) is 39.3 Å². The molecule has 0 aliphatic heterocycles. The molecule has 0 unspecified atom stereocenters. The highest BCUT2D eigenvalue weighted by Crippen LogP contribution is 2.27. The van der Waals surface area contributed by atoms with Gasteiger partial charge in [0.15, 0.2) is 0 Å². The smallest absolute Gasteiger partial charge is 0.309 e. The van der Waals surface area contributed by atoms with Gasteiger partial charge in [-0.15, -0.1) is 0 Å². The lowest BCUT2D eigenvalue weighted by Crippen LogP contribution is -2.15. The van der Waals surface area contributed by atoms with Crippen LogP contribution in [-0.2, 0) is 22.6 Å². The molecule has 1 amide bonds. The van der Waals surface area contributed by atoms with Crippen molar-refractivity contribution < 1.29 is 14.7 Å². The molecule has 0 radical (unpaired) electrons. The van der Waals surface area contributed by atoms with E-state index in [-0.39, 0.29) is 6.42 Å². The van der Waals surface area contributed by atoms with Crippen LogP contribution < -0.4 is 4.90 Å². The average molecular weight is 436 g/mol. The largest absolute Gasteiger partial charge is 0.481 e. The maximum atomic E-state index is 11.9. The van der Waals surface area contributed by atoms with Crippen molar-refractivity contribution in [2.24, 2.45) is 0 Å². The summed E-state index contributed by atoms with van der Waals surface area (Å²) in [6.07, 6.45) is 2.33. The van der Waals surface area contributed by atoms with Gasteiger partial charge in [0.25, 0.3) is 0 Å². The molecule has 7 heteroatoms. The van der Waals surface area contributed by atoms with E-state index in [1.165, 1.54) is 4.90 Å². The molecule has 5 rings (SSSR count). The normalized spacial score (nSPS) is 11.0. The first-order valence-electron chi connectivity index (χ1n) is 10.5. The molecule has 2 aromatic heterocycles. The third-order valence-electron chi connectivity index (χ3n) is 5.56. The number of nitrogens with zero attached hydrogens (tertiary/aromatic N) is 4. The van der Waals surface area contributed by atoms with Crippen LogP contribution in [0.1, 0.15) is 11.3 Å². The van der Waals surface area contributed by atoms with Gasteiger partial charge >= 0.3 is 5.97 Å². The van der Waals surface area contributed by atoms with Crippen LogP contribution in [0.4, 0.5) is 11.5 Å². The van der Waals surface area contributed by atoms with Gasteiger partial charge in [0, 0.05) is 11.6 Å². The van der Waals surface area contributed by atoms with Crippen LogP contribution in [-0.4, -0.2) is 32.3 Å². The van der Waals surface area contributed by atoms with Crippen molar-refractivity contribution in [1.82, 2.24) is 14.8 Å². The zero-order chi connectivity index (χ0) is 22.8. The summed E-state index contributed by atoms with van der Waals surface area (Å²) in [6, 6.07) is 25.1. The van der Waals surface area contributed by atoms with Gasteiger partial charge in [-0.3, -0.25) is 19.2 Å². The van der Waals surface area contributed by atoms with Crippen LogP contribution in [0.15, 0.2) is 85.1 Å². The Bertz CT molecular complexity index is 1470. The molecule has 0 atom stereocenters. The second-order valence-corrected chi connectivity index (χ2v) is 7.72. The third-order valence-corrected chi connectivity index (χ3v) is 5.56. The number of anilines is 2. The Balaban J connectivity index is 1.42. The Morgan fingerprint density at radius 3 is 2.52 bits per heavy atom. The summed E-state index contributed by atoms with van der Waals surface area (Å²) in [7, 11) is 0. The lowest BCUT2D eigenvalue weighted by Gasteiger charge is -2.17. The fourth-order valence-electron chi connectivity index (χ4n) is 3.99. The minimum Gasteiger partial charge on any atom is -0.481 e. The molecule has 7 nitrogen and oxygen atoms in total. The minimum atomic E-state index is -0.918. The summed E-state index contributed by atoms with van der Waals surface area (Å²) < 4.78 is 1.78. The van der Waals surface area contributed by atoms with Gasteiger partial charge in [0.2, 0.25) is 6.41 Å². The van der Waals surface area contributed by atoms with Crippen LogP contribution in [0.2, 0.25) is 0 Å². The molecule has 2 heterocycles. The van der Waals surface area contributed by atoms with E-state index in [0.29, 0.717) is 18.1 Å². The highest BCUT2D eigenvalue weighted by Gasteiger charge is 2.14. The molecule has 0 saturated heterocycles. The van der Waals surface area contributed by atoms with Crippen LogP contribution >= 0.6 is 0 Å². The third kappa shape index (κ3) is 4.04. The van der Waals surface area contributed by atoms with Crippen molar-refractivity contribution in [1.29, 1.82) is 0 Å². The SMILES string of the molecule is O=CN(c1ccc2ccccc2c1)c1ccc(Cn2nc(CC(=O)O)c3ccccc32)cn1. The van der Waals surface area contributed by atoms with Crippen molar-refractivity contribution in [2.75, 3.05) is 4.90 Å². The van der Waals surface area contributed by atoms with Crippen LogP contribution in [0.25, 0.3) is 21.7 Å². The number of aliphatic carboxylic acids is 1. The molecule has 162 valence electrons. The standard InChI is InChI=1S/C26H20N4O3/c31-17-29(21-11-10-19-5-1-2-6-20(19)13-21)25-12-9-18(15-27-25)16-30-24-8-4-3-7-22(24)23(28-30)14-26(32)33/h1-13,15,17H,14,16H2,(H,32,33). The average Bonchev–Trinajstić information content (AvgIpc) is 3.17. The van der Waals surface area contributed by atoms with E-state index < -0.39 is 5.97 Å². The molecule has 0 bridgehead atoms. The van der Waals surface area contributed by atoms with E-state index in [1.807, 2.05) is 72.8 Å². The van der Waals surface area contributed by atoms with Crippen molar-refractivity contribution in [2.45, 2.75) is 13.0 Å². The van der Waals surface area contributed by atoms with Crippen molar-refractivity contribution in [3.63, 3.8) is 0 Å². The fourth-order valence-corrected chi connectivity index (χ4v) is 3.99. The number of rotatable bonds is 7. The minimum absolute atomic E-state index is 0.134. The number of carbonyl (C=O) groups excluding carboxylic acids is 1. The van der Waals surface area contributed by atoms with Gasteiger partial charge in [-0.2, -0.15) is 5.10 Å². The van der Waals surface area contributed by atoms with Gasteiger partial charge in [-0.05, 0) is 40.6 Å². The highest BCUT2D eigenvalue weighted by atomic mass is 16.4. The monoisotopic (exact) mass is 436 g/mol. The van der Waals surface area contributed by atoms with Gasteiger partial charge < -0.3 is 5.11 Å². The number of amides is 1. The van der Waals surface area contributed by atoms with E-state index in [4.69, 9.17) is 0 Å². The predicted octanol–water partition coefficient (Wildman–Crippen LogP) is 4.55. The molecule has 33 heavy (non-hydrogen) atoms. The molecule has 0 aliphatic rings. The Labute approximate surface area is 189 Å². The molecule has 0 fully saturated rings. The summed E-state index contributed by atoms with van der Waals surface area (Å²) in [5.41, 5.74) is 3.02. The van der Waals surface area contributed by atoms with Crippen LogP contribution in [0.5, 0.6) is 0 Å². The van der Waals surface area contributed by atoms with Gasteiger partial charge in [0.05, 0.1) is 29.9 Å². The second kappa shape index (κ2) is 8.55. The summed E-state index contributed by atoms with van der Waals surface area (Å²) in [6.45, 7) is 0.435. The first-order valence-corrected chi connectivity index (χ1v) is 10.5. The van der Waals surface area contributed by atoms with E-state index in [2.05, 4.69) is 10.1 Å². The first-order chi connectivity index (χ1) is 16.1. The second-order valence-electron chi connectivity index (χ2n) is 7.72. The molecule has 5 aromatic rings. The number of carboxylic acids is 1. The Kier molecular flexibility index (Phi) is 5.28. The Hall–Kier alpha value is -4.52. The lowest BCUT2D eigenvalue weighted by atomic mass is 10.1. The predicted molar refractivity (Wildman–Crippen MR) is 127 cm³/mol. The van der Waals surface area contributed by atoms with Gasteiger partial charge in [-0.25, -0.2) is 4.98 Å². The van der Waals surface area contributed by atoms with Crippen LogP contribution in [0.3, 0.4) is 0 Å². The number of hydrogen-bond acceptors (Lipinski definition) is 4. The fraction of sp³-hybridized carbons (Fsp3) is 0.0769. The Morgan fingerprint density at radius 1 is 0.970 bits per heavy atom. The summed E-state index contributed by atoms with van der Waals surface area (Å²) >= 11 is 0. The number of aromatic nitrogens is 3. The lowest BCUT2D eigenvalue weighted by molar-refractivity contribution is -0.136. The zero-order valence-electron chi connectivity index (χ0n) is 17.6. The highest BCUT2D eigenvalue weighted by molar-refractivity contribution is 5.92. The molecule has 1 N–H and O–H groups in total. The molecular formula is C26H20N4O3. The number of carbonyl (C=O) groups is 2. The number of benzene rings is 3. The summed E-state index contributed by atoms with van der Waals surface area (Å²) in [5.74, 6) is -0.403. The summed E-state index contributed by atoms with van der Waals surface area (Å²) in [4.78, 5) is 29.1. The summed E-state index contributed by atoms with van der Waals surface area (Å²) in [5, 5.41) is 16.7. The van der Waals surface area contributed by atoms with Crippen molar-refractivity contribution in [3.05, 3.63) is 96.3 Å². The number of para-hydroxylation sites is 1. The molecular weight excluding hydrogens is 416 g/mol. The quantitative estimate of drug-likeness (QED) is 0.378. The maximum absolute atomic E-state index is 11.9. The topological polar surface area (TPSA) is 88.3 Å². The number of carboxylic acid groups (broad SMARTS) is 1. The molecule has 0 aliphatic carbocycles. The molecule has 0 saturated carbocycles. The molecule has 3 aromatic carbocycles. The van der Waals surface area contributed by atoms with E-state index >= 15 is 0 Å². The number of pyridine rings is 1. The molecule has 0 spiro atoms. The van der Waals surface area contributed by atoms with Gasteiger partial charge in [0.1, 0.15) is 5.82 Å². The van der Waals surface area contributed by atoms with Crippen molar-refractivity contribution in [3.8, 4) is 0 Å². The van der Waals surface area contributed by atoms with Crippen molar-refractivity contribution >= 4 is 45.6 Å². The Morgan fingerprint density at radius 2 is 1.76 bits per heavy atom. The van der Waals surface area contributed by atoms with Crippen LogP contribution in [0, 0.1) is 0 Å². The number of fused-ring (bicyclic) bond motifs is 2. The maximum Gasteiger partial charge on any atom is 0.309 e. The zero-order valence-corrected chi connectivity index (χ0v) is 17.6. The first kappa shape index (κ1) is 20.4. The van der Waals surface area contributed by atoms with E-state index in [1.54, 1.807) is 16.9 Å². The number of hydrogen-bond donors (Lipinski definition) is 1.